The Morgan fingerprint density at radius 1 is 1.21 bits per heavy atom. The van der Waals surface area contributed by atoms with Crippen molar-refractivity contribution >= 4 is 23.0 Å². The van der Waals surface area contributed by atoms with Crippen molar-refractivity contribution in [2.75, 3.05) is 43.4 Å². The number of hydrogen-bond acceptors (Lipinski definition) is 6. The zero-order chi connectivity index (χ0) is 23.7. The smallest absolute Gasteiger partial charge is 0.387 e. The van der Waals surface area contributed by atoms with Crippen LogP contribution in [0.25, 0.3) is 5.57 Å². The summed E-state index contributed by atoms with van der Waals surface area (Å²) in [5.41, 5.74) is 1.15. The molecule has 1 aromatic carbocycles. The maximum absolute atomic E-state index is 13.2. The van der Waals surface area contributed by atoms with Gasteiger partial charge in [-0.2, -0.15) is 13.2 Å². The number of alkyl halides is 3. The van der Waals surface area contributed by atoms with Gasteiger partial charge in [-0.1, -0.05) is 30.0 Å². The molecule has 0 saturated carbocycles. The van der Waals surface area contributed by atoms with E-state index in [-0.39, 0.29) is 0 Å². The molecule has 10 heteroatoms. The van der Waals surface area contributed by atoms with Gasteiger partial charge in [0.15, 0.2) is 11.0 Å². The number of fused-ring (bicyclic) bond motifs is 1. The summed E-state index contributed by atoms with van der Waals surface area (Å²) in [5, 5.41) is 12.8. The van der Waals surface area contributed by atoms with E-state index in [0.29, 0.717) is 17.6 Å². The molecule has 2 unspecified atom stereocenters. The Kier molecular flexibility index (Phi) is 6.61. The van der Waals surface area contributed by atoms with Gasteiger partial charge in [-0.15, -0.1) is 10.2 Å². The van der Waals surface area contributed by atoms with Crippen LogP contribution < -0.4 is 10.2 Å². The summed E-state index contributed by atoms with van der Waals surface area (Å²) >= 11 is 1.71. The van der Waals surface area contributed by atoms with E-state index < -0.39 is 11.7 Å². The highest BCUT2D eigenvalue weighted by Crippen LogP contribution is 2.38. The molecule has 6 nitrogen and oxygen atoms in total. The molecule has 34 heavy (non-hydrogen) atoms. The van der Waals surface area contributed by atoms with Crippen molar-refractivity contribution in [2.45, 2.75) is 30.2 Å². The molecule has 1 aromatic heterocycles. The van der Waals surface area contributed by atoms with Crippen LogP contribution in [0.3, 0.4) is 0 Å². The van der Waals surface area contributed by atoms with E-state index in [4.69, 9.17) is 0 Å². The molecule has 0 spiro atoms. The molecule has 2 fully saturated rings. The Balaban J connectivity index is 1.12. The van der Waals surface area contributed by atoms with Crippen LogP contribution in [0.5, 0.6) is 0 Å². The molecule has 2 saturated heterocycles. The van der Waals surface area contributed by atoms with Crippen LogP contribution in [0, 0.1) is 5.92 Å². The van der Waals surface area contributed by atoms with E-state index >= 15 is 0 Å². The monoisotopic (exact) mass is 490 g/mol. The molecule has 2 aromatic rings. The number of thioether (sulfide) groups is 1. The average molecular weight is 491 g/mol. The molecular formula is C24H29F3N6S. The van der Waals surface area contributed by atoms with Crippen LogP contribution in [-0.4, -0.2) is 64.2 Å². The number of likely N-dealkylation sites (tertiary alicyclic amines) is 1. The van der Waals surface area contributed by atoms with E-state index in [1.54, 1.807) is 17.8 Å². The van der Waals surface area contributed by atoms with E-state index in [2.05, 4.69) is 37.5 Å². The molecule has 2 atom stereocenters. The van der Waals surface area contributed by atoms with Crippen molar-refractivity contribution in [3.05, 3.63) is 54.0 Å². The first-order chi connectivity index (χ1) is 16.4. The van der Waals surface area contributed by atoms with Gasteiger partial charge in [-0.3, -0.25) is 0 Å². The van der Waals surface area contributed by atoms with Crippen molar-refractivity contribution in [3.8, 4) is 0 Å². The summed E-state index contributed by atoms with van der Waals surface area (Å²) in [5.74, 6) is 2.32. The normalized spacial score (nSPS) is 22.7. The summed E-state index contributed by atoms with van der Waals surface area (Å²) in [4.78, 5) is 4.64. The number of benzene rings is 1. The largest absolute Gasteiger partial charge is 0.416 e. The number of anilines is 1. The Morgan fingerprint density at radius 2 is 2.09 bits per heavy atom. The van der Waals surface area contributed by atoms with Gasteiger partial charge >= 0.3 is 6.18 Å². The second-order valence-corrected chi connectivity index (χ2v) is 10.2. The van der Waals surface area contributed by atoms with Gasteiger partial charge in [0, 0.05) is 62.5 Å². The van der Waals surface area contributed by atoms with E-state index in [1.807, 2.05) is 17.8 Å². The van der Waals surface area contributed by atoms with Gasteiger partial charge < -0.3 is 19.7 Å². The predicted octanol–water partition coefficient (Wildman–Crippen LogP) is 4.03. The Bertz CT molecular complexity index is 1080. The van der Waals surface area contributed by atoms with Gasteiger partial charge in [0.1, 0.15) is 0 Å². The molecule has 3 aliphatic rings. The number of allylic oxidation sites excluding steroid dienone is 2. The van der Waals surface area contributed by atoms with Crippen molar-refractivity contribution in [2.24, 2.45) is 13.0 Å². The highest BCUT2D eigenvalue weighted by Gasteiger charge is 2.41. The zero-order valence-electron chi connectivity index (χ0n) is 19.1. The standard InChI is InChI=1S/C24H29F3N6S/c1-31-22(17-5-3-9-28-14-17)29-30-23(31)34-12-4-10-32-15-18-8-11-33(21(18)16-32)20-7-2-6-19(13-20)24(25,26)27/h2-3,5-7,13-14,18,21,28H,4,8-12,15-16H2,1H3. The van der Waals surface area contributed by atoms with Crippen molar-refractivity contribution in [3.63, 3.8) is 0 Å². The van der Waals surface area contributed by atoms with E-state index in [1.165, 1.54) is 12.1 Å². The van der Waals surface area contributed by atoms with Crippen LogP contribution in [0.1, 0.15) is 24.2 Å². The Labute approximate surface area is 201 Å². The fourth-order valence-corrected chi connectivity index (χ4v) is 6.00. The SMILES string of the molecule is Cn1c(SCCCN2CC3CCN(c4cccc(C(F)(F)F)c4)C3C2)nnc1C1=CNCC=C1. The average Bonchev–Trinajstić information content (AvgIpc) is 3.51. The van der Waals surface area contributed by atoms with Crippen molar-refractivity contribution < 1.29 is 13.2 Å². The van der Waals surface area contributed by atoms with Gasteiger partial charge in [0.2, 0.25) is 0 Å². The maximum Gasteiger partial charge on any atom is 0.416 e. The summed E-state index contributed by atoms with van der Waals surface area (Å²) in [6.45, 7) is 4.58. The molecule has 0 aliphatic carbocycles. The second-order valence-electron chi connectivity index (χ2n) is 9.09. The predicted molar refractivity (Wildman–Crippen MR) is 129 cm³/mol. The third-order valence-corrected chi connectivity index (χ3v) is 7.97. The first-order valence-corrected chi connectivity index (χ1v) is 12.7. The number of halogens is 3. The minimum absolute atomic E-state index is 0.294. The number of dihydropyridines is 1. The molecule has 0 amide bonds. The first kappa shape index (κ1) is 23.3. The van der Waals surface area contributed by atoms with Crippen LogP contribution in [-0.2, 0) is 13.2 Å². The minimum atomic E-state index is -4.31. The number of nitrogens with one attached hydrogen (secondary N) is 1. The zero-order valence-corrected chi connectivity index (χ0v) is 19.9. The third-order valence-electron chi connectivity index (χ3n) is 6.86. The molecule has 1 N–H and O–H groups in total. The highest BCUT2D eigenvalue weighted by atomic mass is 32.2. The molecule has 4 heterocycles. The lowest BCUT2D eigenvalue weighted by molar-refractivity contribution is -0.137. The van der Waals surface area contributed by atoms with Crippen LogP contribution in [0.15, 0.2) is 47.8 Å². The lowest BCUT2D eigenvalue weighted by atomic mass is 10.0. The lowest BCUT2D eigenvalue weighted by Gasteiger charge is -2.27. The topological polar surface area (TPSA) is 49.2 Å². The Morgan fingerprint density at radius 3 is 2.88 bits per heavy atom. The maximum atomic E-state index is 13.2. The minimum Gasteiger partial charge on any atom is -0.387 e. The summed E-state index contributed by atoms with van der Waals surface area (Å²) in [6, 6.07) is 6.07. The van der Waals surface area contributed by atoms with Gasteiger partial charge in [-0.05, 0) is 43.5 Å². The van der Waals surface area contributed by atoms with Gasteiger partial charge in [0.05, 0.1) is 5.56 Å². The first-order valence-electron chi connectivity index (χ1n) is 11.7. The number of nitrogens with zero attached hydrogens (tertiary/aromatic N) is 5. The molecule has 3 aliphatic heterocycles. The number of rotatable bonds is 7. The lowest BCUT2D eigenvalue weighted by Crippen LogP contribution is -2.35. The van der Waals surface area contributed by atoms with Crippen LogP contribution in [0.2, 0.25) is 0 Å². The van der Waals surface area contributed by atoms with E-state index in [9.17, 15) is 13.2 Å². The summed E-state index contributed by atoms with van der Waals surface area (Å²) in [7, 11) is 1.99. The van der Waals surface area contributed by atoms with Crippen molar-refractivity contribution in [1.29, 1.82) is 0 Å². The molecular weight excluding hydrogens is 461 g/mol. The van der Waals surface area contributed by atoms with Gasteiger partial charge in [-0.25, -0.2) is 0 Å². The number of aromatic nitrogens is 3. The summed E-state index contributed by atoms with van der Waals surface area (Å²) in [6.07, 6.45) is 3.84. The van der Waals surface area contributed by atoms with Gasteiger partial charge in [0.25, 0.3) is 0 Å². The summed E-state index contributed by atoms with van der Waals surface area (Å²) < 4.78 is 41.5. The quantitative estimate of drug-likeness (QED) is 0.467. The molecule has 0 radical (unpaired) electrons. The fourth-order valence-electron chi connectivity index (χ4n) is 5.17. The van der Waals surface area contributed by atoms with Crippen LogP contribution in [0.4, 0.5) is 18.9 Å². The van der Waals surface area contributed by atoms with E-state index in [0.717, 1.165) is 73.9 Å². The fraction of sp³-hybridized carbons (Fsp3) is 0.500. The molecule has 5 rings (SSSR count). The van der Waals surface area contributed by atoms with Crippen molar-refractivity contribution in [1.82, 2.24) is 25.0 Å². The highest BCUT2D eigenvalue weighted by molar-refractivity contribution is 7.99. The number of hydrogen-bond donors (Lipinski definition) is 1. The third kappa shape index (κ3) is 4.84. The molecule has 182 valence electrons. The molecule has 0 bridgehead atoms. The van der Waals surface area contributed by atoms with Crippen LogP contribution >= 0.6 is 11.8 Å². The second kappa shape index (κ2) is 9.65. The Hall–Kier alpha value is -2.46.